The average Bonchev–Trinajstić information content (AvgIpc) is 3.60. The van der Waals surface area contributed by atoms with Gasteiger partial charge in [-0.15, -0.1) is 0 Å². The maximum Gasteiger partial charge on any atom is 0.338 e. The number of hydrogen-bond donors (Lipinski definition) is 0. The van der Waals surface area contributed by atoms with Crippen LogP contribution in [0.4, 0.5) is 0 Å². The minimum Gasteiger partial charge on any atom is -0.493 e. The van der Waals surface area contributed by atoms with E-state index < -0.39 is 12.0 Å². The molecule has 0 fully saturated rings. The van der Waals surface area contributed by atoms with E-state index in [4.69, 9.17) is 19.2 Å². The summed E-state index contributed by atoms with van der Waals surface area (Å²) < 4.78 is 21.9. The summed E-state index contributed by atoms with van der Waals surface area (Å²) in [6, 6.07) is 25.8. The molecule has 6 aromatic rings. The fraction of sp³-hybridized carbons (Fsp3) is 0.205. The Kier molecular flexibility index (Phi) is 9.00. The molecule has 0 amide bonds. The van der Waals surface area contributed by atoms with E-state index in [9.17, 15) is 9.59 Å². The van der Waals surface area contributed by atoms with Crippen molar-refractivity contribution in [2.45, 2.75) is 33.4 Å². The van der Waals surface area contributed by atoms with Gasteiger partial charge < -0.3 is 18.8 Å². The van der Waals surface area contributed by atoms with Crippen LogP contribution in [-0.2, 0) is 16.1 Å². The fourth-order valence-corrected chi connectivity index (χ4v) is 8.13. The monoisotopic (exact) mass is 735 g/mol. The third-order valence-corrected chi connectivity index (χ3v) is 10.4. The normalized spacial score (nSPS) is 14.6. The molecule has 0 N–H and O–H groups in total. The Labute approximate surface area is 295 Å². The summed E-state index contributed by atoms with van der Waals surface area (Å²) in [7, 11) is 1.56. The number of rotatable bonds is 9. The van der Waals surface area contributed by atoms with E-state index in [-0.39, 0.29) is 12.2 Å². The average molecular weight is 737 g/mol. The van der Waals surface area contributed by atoms with Crippen LogP contribution in [-0.4, -0.2) is 35.4 Å². The van der Waals surface area contributed by atoms with Crippen molar-refractivity contribution in [2.24, 2.45) is 4.99 Å². The van der Waals surface area contributed by atoms with Crippen LogP contribution < -0.4 is 24.4 Å². The Morgan fingerprint density at radius 3 is 2.51 bits per heavy atom. The van der Waals surface area contributed by atoms with Gasteiger partial charge in [-0.2, -0.15) is 0 Å². The molecule has 10 heteroatoms. The molecule has 248 valence electrons. The number of thiazole rings is 1. The van der Waals surface area contributed by atoms with Crippen LogP contribution in [0.25, 0.3) is 27.8 Å². The van der Waals surface area contributed by atoms with Crippen LogP contribution in [0.1, 0.15) is 43.5 Å². The van der Waals surface area contributed by atoms with Gasteiger partial charge in [0.2, 0.25) is 0 Å². The quantitative estimate of drug-likeness (QED) is 0.148. The second kappa shape index (κ2) is 13.5. The molecule has 0 unspecified atom stereocenters. The van der Waals surface area contributed by atoms with Gasteiger partial charge >= 0.3 is 5.97 Å². The molecule has 1 atom stereocenters. The zero-order valence-electron chi connectivity index (χ0n) is 27.5. The zero-order valence-corrected chi connectivity index (χ0v) is 29.9. The summed E-state index contributed by atoms with van der Waals surface area (Å²) in [4.78, 5) is 33.2. The van der Waals surface area contributed by atoms with E-state index in [0.717, 1.165) is 16.5 Å². The Morgan fingerprint density at radius 1 is 0.980 bits per heavy atom. The van der Waals surface area contributed by atoms with Crippen LogP contribution in [0.5, 0.6) is 11.5 Å². The maximum absolute atomic E-state index is 14.5. The van der Waals surface area contributed by atoms with Crippen LogP contribution in [0, 0.1) is 0 Å². The highest BCUT2D eigenvalue weighted by atomic mass is 79.9. The van der Waals surface area contributed by atoms with Gasteiger partial charge in [0, 0.05) is 33.7 Å². The van der Waals surface area contributed by atoms with E-state index in [0.29, 0.717) is 55.3 Å². The van der Waals surface area contributed by atoms with Crippen molar-refractivity contribution in [3.05, 3.63) is 137 Å². The summed E-state index contributed by atoms with van der Waals surface area (Å²) in [5.41, 5.74) is 4.37. The van der Waals surface area contributed by atoms with Crippen LogP contribution >= 0.6 is 27.3 Å². The van der Waals surface area contributed by atoms with Crippen molar-refractivity contribution in [3.63, 3.8) is 0 Å². The summed E-state index contributed by atoms with van der Waals surface area (Å²) in [5.74, 6) is 0.504. The van der Waals surface area contributed by atoms with E-state index in [1.807, 2.05) is 25.1 Å². The first-order valence-corrected chi connectivity index (χ1v) is 17.7. The molecule has 8 nitrogen and oxygen atoms in total. The van der Waals surface area contributed by atoms with Gasteiger partial charge in [-0.1, -0.05) is 87.9 Å². The highest BCUT2D eigenvalue weighted by Gasteiger charge is 2.35. The number of hydrogen-bond acceptors (Lipinski definition) is 7. The zero-order chi connectivity index (χ0) is 34.2. The maximum atomic E-state index is 14.5. The lowest BCUT2D eigenvalue weighted by Crippen LogP contribution is -2.40. The molecule has 1 aliphatic rings. The molecule has 0 aliphatic carbocycles. The molecule has 7 rings (SSSR count). The Hall–Kier alpha value is -4.93. The molecule has 49 heavy (non-hydrogen) atoms. The molecule has 0 saturated carbocycles. The first kappa shape index (κ1) is 32.6. The van der Waals surface area contributed by atoms with Crippen LogP contribution in [0.15, 0.2) is 111 Å². The number of aromatic nitrogens is 2. The molecule has 1 aliphatic heterocycles. The van der Waals surface area contributed by atoms with Crippen molar-refractivity contribution in [1.82, 2.24) is 9.13 Å². The molecule has 3 heterocycles. The molecule has 0 radical (unpaired) electrons. The lowest BCUT2D eigenvalue weighted by atomic mass is 9.95. The number of halogens is 1. The van der Waals surface area contributed by atoms with Gasteiger partial charge in [0.05, 0.1) is 42.2 Å². The van der Waals surface area contributed by atoms with Crippen LogP contribution in [0.2, 0.25) is 0 Å². The number of ether oxygens (including phenoxy) is 3. The number of carbonyl (C=O) groups excluding carboxylic acids is 1. The molecule has 0 bridgehead atoms. The standard InChI is InChI=1S/C39H34BrN3O5S/c1-5-47-33-20-30(40)29(19-32(33)46-4)36-35(38(45)48-6-2)23(3)41-39-43(36)37(44)34(49-39)18-26-22-42(31-17-10-9-16-28(26)31)21-25-14-11-13-24-12-7-8-15-27(24)25/h7-20,22,36H,5-6,21H2,1-4H3/b34-18+/t36-/m1/s1. The molecular weight excluding hydrogens is 702 g/mol. The van der Waals surface area contributed by atoms with Gasteiger partial charge in [-0.25, -0.2) is 9.79 Å². The second-order valence-electron chi connectivity index (χ2n) is 11.6. The summed E-state index contributed by atoms with van der Waals surface area (Å²) in [5, 5.41) is 3.44. The van der Waals surface area contributed by atoms with Gasteiger partial charge in [-0.05, 0) is 66.9 Å². The number of nitrogens with zero attached hydrogens (tertiary/aromatic N) is 3. The number of methoxy groups -OCH3 is 1. The lowest BCUT2D eigenvalue weighted by Gasteiger charge is -2.26. The summed E-state index contributed by atoms with van der Waals surface area (Å²) in [6.07, 6.45) is 4.03. The summed E-state index contributed by atoms with van der Waals surface area (Å²) >= 11 is 5.00. The van der Waals surface area contributed by atoms with Gasteiger partial charge in [0.15, 0.2) is 16.3 Å². The molecule has 0 spiro atoms. The first-order valence-electron chi connectivity index (χ1n) is 16.1. The highest BCUT2D eigenvalue weighted by Crippen LogP contribution is 2.41. The number of para-hydroxylation sites is 1. The summed E-state index contributed by atoms with van der Waals surface area (Å²) in [6.45, 7) is 6.73. The SMILES string of the molecule is CCOC(=O)C1=C(C)N=c2s/c(=C/c3cn(Cc4cccc5ccccc45)c4ccccc34)c(=O)n2[C@@H]1c1cc(OC)c(OCC)cc1Br. The predicted molar refractivity (Wildman–Crippen MR) is 197 cm³/mol. The minimum atomic E-state index is -0.816. The Bertz CT molecular complexity index is 2470. The second-order valence-corrected chi connectivity index (χ2v) is 13.5. The molecule has 0 saturated heterocycles. The first-order chi connectivity index (χ1) is 23.8. The van der Waals surface area contributed by atoms with E-state index >= 15 is 0 Å². The van der Waals surface area contributed by atoms with E-state index in [1.54, 1.807) is 37.7 Å². The Morgan fingerprint density at radius 2 is 1.73 bits per heavy atom. The minimum absolute atomic E-state index is 0.184. The van der Waals surface area contributed by atoms with Crippen molar-refractivity contribution < 1.29 is 19.0 Å². The fourth-order valence-electron chi connectivity index (χ4n) is 6.55. The van der Waals surface area contributed by atoms with E-state index in [2.05, 4.69) is 81.3 Å². The van der Waals surface area contributed by atoms with Crippen LogP contribution in [0.3, 0.4) is 0 Å². The number of esters is 1. The number of carbonyl (C=O) groups is 1. The van der Waals surface area contributed by atoms with Gasteiger partial charge in [-0.3, -0.25) is 9.36 Å². The third kappa shape index (κ3) is 5.89. The smallest absolute Gasteiger partial charge is 0.338 e. The lowest BCUT2D eigenvalue weighted by molar-refractivity contribution is -0.139. The largest absolute Gasteiger partial charge is 0.493 e. The molecule has 4 aromatic carbocycles. The van der Waals surface area contributed by atoms with Crippen molar-refractivity contribution in [3.8, 4) is 11.5 Å². The topological polar surface area (TPSA) is 84.1 Å². The van der Waals surface area contributed by atoms with Gasteiger partial charge in [0.1, 0.15) is 0 Å². The van der Waals surface area contributed by atoms with Crippen molar-refractivity contribution >= 4 is 61.0 Å². The van der Waals surface area contributed by atoms with Crippen molar-refractivity contribution in [1.29, 1.82) is 0 Å². The van der Waals surface area contributed by atoms with E-state index in [1.165, 1.54) is 27.7 Å². The van der Waals surface area contributed by atoms with Gasteiger partial charge in [0.25, 0.3) is 5.56 Å². The Balaban J connectivity index is 1.40. The highest BCUT2D eigenvalue weighted by molar-refractivity contribution is 9.10. The predicted octanol–water partition coefficient (Wildman–Crippen LogP) is 7.12. The number of fused-ring (bicyclic) bond motifs is 3. The number of allylic oxidation sites excluding steroid dienone is 1. The third-order valence-electron chi connectivity index (χ3n) is 8.72. The molecular formula is C39H34BrN3O5S. The number of benzene rings is 4. The van der Waals surface area contributed by atoms with Crippen molar-refractivity contribution in [2.75, 3.05) is 20.3 Å². The molecule has 2 aromatic heterocycles.